The zero-order valence-electron chi connectivity index (χ0n) is 15.0. The van der Waals surface area contributed by atoms with Crippen LogP contribution in [0.15, 0.2) is 42.5 Å². The van der Waals surface area contributed by atoms with Crippen molar-refractivity contribution in [3.63, 3.8) is 0 Å². The van der Waals surface area contributed by atoms with Crippen LogP contribution in [0.4, 0.5) is 10.8 Å². The number of hydrogen-bond acceptors (Lipinski definition) is 4. The van der Waals surface area contributed by atoms with Crippen molar-refractivity contribution in [2.45, 2.75) is 19.8 Å². The van der Waals surface area contributed by atoms with Gasteiger partial charge in [0.15, 0.2) is 5.13 Å². The molecule has 0 unspecified atom stereocenters. The molecular weight excluding hydrogens is 417 g/mol. The second-order valence-electron chi connectivity index (χ2n) is 5.99. The number of hydrogen-bond donors (Lipinski definition) is 2. The third-order valence-electron chi connectivity index (χ3n) is 3.76. The second kappa shape index (κ2) is 9.19. The number of anilines is 2. The lowest BCUT2D eigenvalue weighted by Crippen LogP contribution is -2.09. The molecule has 144 valence electrons. The molecular formula is C20H17Cl2N3O2S. The van der Waals surface area contributed by atoms with Gasteiger partial charge in [-0.25, -0.2) is 4.98 Å². The van der Waals surface area contributed by atoms with Crippen LogP contribution in [0.1, 0.15) is 25.3 Å². The highest BCUT2D eigenvalue weighted by atomic mass is 35.5. The molecule has 0 aliphatic heterocycles. The molecule has 0 fully saturated rings. The van der Waals surface area contributed by atoms with Gasteiger partial charge in [0, 0.05) is 28.2 Å². The zero-order chi connectivity index (χ0) is 20.1. The van der Waals surface area contributed by atoms with Gasteiger partial charge in [0.1, 0.15) is 0 Å². The van der Waals surface area contributed by atoms with Crippen LogP contribution in [0, 0.1) is 0 Å². The average Bonchev–Trinajstić information content (AvgIpc) is 3.02. The van der Waals surface area contributed by atoms with Gasteiger partial charge in [-0.15, -0.1) is 0 Å². The second-order valence-corrected chi connectivity index (χ2v) is 7.86. The van der Waals surface area contributed by atoms with E-state index in [2.05, 4.69) is 15.6 Å². The number of carbonyl (C=O) groups excluding carboxylic acids is 2. The largest absolute Gasteiger partial charge is 0.322 e. The van der Waals surface area contributed by atoms with E-state index in [0.29, 0.717) is 32.8 Å². The van der Waals surface area contributed by atoms with Gasteiger partial charge in [0.05, 0.1) is 10.2 Å². The lowest BCUT2D eigenvalue weighted by atomic mass is 10.2. The molecule has 1 aromatic heterocycles. The minimum absolute atomic E-state index is 0.0546. The topological polar surface area (TPSA) is 71.1 Å². The van der Waals surface area contributed by atoms with Crippen molar-refractivity contribution in [1.82, 2.24) is 4.98 Å². The molecule has 0 saturated heterocycles. The van der Waals surface area contributed by atoms with Gasteiger partial charge in [-0.1, -0.05) is 47.5 Å². The Balaban J connectivity index is 1.68. The number of rotatable bonds is 6. The Hall–Kier alpha value is -2.41. The van der Waals surface area contributed by atoms with Gasteiger partial charge in [-0.2, -0.15) is 0 Å². The standard InChI is InChI=1S/C20H17Cl2N3O2S/c1-2-3-18(26)25-20-24-16-8-7-14(11-17(16)28-20)23-19(27)9-5-12-4-6-13(21)10-15(12)22/h4-11H,2-3H2,1H3,(H,23,27)(H,24,25,26)/b9-5+. The summed E-state index contributed by atoms with van der Waals surface area (Å²) in [7, 11) is 0. The molecule has 0 bridgehead atoms. The Morgan fingerprint density at radius 2 is 1.96 bits per heavy atom. The van der Waals surface area contributed by atoms with E-state index in [4.69, 9.17) is 23.2 Å². The summed E-state index contributed by atoms with van der Waals surface area (Å²) in [6.07, 6.45) is 4.27. The summed E-state index contributed by atoms with van der Waals surface area (Å²) >= 11 is 13.3. The van der Waals surface area contributed by atoms with Crippen LogP contribution >= 0.6 is 34.5 Å². The Bertz CT molecular complexity index is 1060. The van der Waals surface area contributed by atoms with E-state index in [-0.39, 0.29) is 11.8 Å². The van der Waals surface area contributed by atoms with E-state index in [1.165, 1.54) is 17.4 Å². The molecule has 2 aromatic carbocycles. The fourth-order valence-corrected chi connectivity index (χ4v) is 3.84. The summed E-state index contributed by atoms with van der Waals surface area (Å²) in [6.45, 7) is 1.95. The van der Waals surface area contributed by atoms with E-state index < -0.39 is 0 Å². The minimum atomic E-state index is -0.286. The van der Waals surface area contributed by atoms with Crippen molar-refractivity contribution in [2.75, 3.05) is 10.6 Å². The van der Waals surface area contributed by atoms with Gasteiger partial charge in [0.25, 0.3) is 0 Å². The van der Waals surface area contributed by atoms with E-state index in [1.54, 1.807) is 36.4 Å². The van der Waals surface area contributed by atoms with Gasteiger partial charge in [-0.05, 0) is 48.4 Å². The molecule has 3 aromatic rings. The van der Waals surface area contributed by atoms with Crippen LogP contribution in [-0.4, -0.2) is 16.8 Å². The predicted molar refractivity (Wildman–Crippen MR) is 117 cm³/mol. The smallest absolute Gasteiger partial charge is 0.248 e. The van der Waals surface area contributed by atoms with Crippen LogP contribution in [0.5, 0.6) is 0 Å². The van der Waals surface area contributed by atoms with Gasteiger partial charge >= 0.3 is 0 Å². The maximum absolute atomic E-state index is 12.2. The maximum atomic E-state index is 12.2. The zero-order valence-corrected chi connectivity index (χ0v) is 17.3. The monoisotopic (exact) mass is 433 g/mol. The number of benzene rings is 2. The molecule has 0 aliphatic carbocycles. The maximum Gasteiger partial charge on any atom is 0.248 e. The highest BCUT2D eigenvalue weighted by molar-refractivity contribution is 7.22. The highest BCUT2D eigenvalue weighted by Gasteiger charge is 2.08. The van der Waals surface area contributed by atoms with Gasteiger partial charge in [-0.3, -0.25) is 9.59 Å². The summed E-state index contributed by atoms with van der Waals surface area (Å²) in [5.74, 6) is -0.340. The number of halogens is 2. The molecule has 2 N–H and O–H groups in total. The molecule has 0 atom stereocenters. The number of thiazole rings is 1. The molecule has 3 rings (SSSR count). The number of nitrogens with one attached hydrogen (secondary N) is 2. The van der Waals surface area contributed by atoms with Crippen LogP contribution in [0.25, 0.3) is 16.3 Å². The fourth-order valence-electron chi connectivity index (χ4n) is 2.45. The Morgan fingerprint density at radius 1 is 1.14 bits per heavy atom. The first kappa shape index (κ1) is 20.3. The first-order chi connectivity index (χ1) is 13.4. The van der Waals surface area contributed by atoms with Crippen LogP contribution in [0.2, 0.25) is 10.0 Å². The number of nitrogens with zero attached hydrogens (tertiary/aromatic N) is 1. The first-order valence-electron chi connectivity index (χ1n) is 8.59. The third-order valence-corrected chi connectivity index (χ3v) is 5.25. The van der Waals surface area contributed by atoms with Gasteiger partial charge in [0.2, 0.25) is 11.8 Å². The molecule has 5 nitrogen and oxygen atoms in total. The summed E-state index contributed by atoms with van der Waals surface area (Å²) in [5, 5.41) is 7.15. The highest BCUT2D eigenvalue weighted by Crippen LogP contribution is 2.28. The van der Waals surface area contributed by atoms with Crippen molar-refractivity contribution >= 4 is 73.5 Å². The number of aromatic nitrogens is 1. The lowest BCUT2D eigenvalue weighted by molar-refractivity contribution is -0.116. The van der Waals surface area contributed by atoms with Crippen molar-refractivity contribution in [1.29, 1.82) is 0 Å². The Morgan fingerprint density at radius 3 is 2.71 bits per heavy atom. The van der Waals surface area contributed by atoms with E-state index in [1.807, 2.05) is 13.0 Å². The molecule has 2 amide bonds. The van der Waals surface area contributed by atoms with E-state index in [9.17, 15) is 9.59 Å². The van der Waals surface area contributed by atoms with Gasteiger partial charge < -0.3 is 10.6 Å². The van der Waals surface area contributed by atoms with Crippen molar-refractivity contribution < 1.29 is 9.59 Å². The van der Waals surface area contributed by atoms with E-state index >= 15 is 0 Å². The quantitative estimate of drug-likeness (QED) is 0.468. The summed E-state index contributed by atoms with van der Waals surface area (Å²) in [4.78, 5) is 28.3. The van der Waals surface area contributed by atoms with Crippen LogP contribution in [-0.2, 0) is 9.59 Å². The normalized spacial score (nSPS) is 11.1. The molecule has 0 radical (unpaired) electrons. The number of fused-ring (bicyclic) bond motifs is 1. The van der Waals surface area contributed by atoms with Crippen molar-refractivity contribution in [3.05, 3.63) is 58.1 Å². The Kier molecular flexibility index (Phi) is 6.67. The molecule has 0 spiro atoms. The van der Waals surface area contributed by atoms with Crippen molar-refractivity contribution in [3.8, 4) is 0 Å². The predicted octanol–water partition coefficient (Wildman–Crippen LogP) is 5.99. The molecule has 1 heterocycles. The summed E-state index contributed by atoms with van der Waals surface area (Å²) in [5.41, 5.74) is 2.10. The minimum Gasteiger partial charge on any atom is -0.322 e. The van der Waals surface area contributed by atoms with E-state index in [0.717, 1.165) is 16.6 Å². The van der Waals surface area contributed by atoms with Crippen LogP contribution in [0.3, 0.4) is 0 Å². The SMILES string of the molecule is CCCC(=O)Nc1nc2ccc(NC(=O)/C=C/c3ccc(Cl)cc3Cl)cc2s1. The first-order valence-corrected chi connectivity index (χ1v) is 10.2. The number of amides is 2. The number of carbonyl (C=O) groups is 2. The fraction of sp³-hybridized carbons (Fsp3) is 0.150. The molecule has 28 heavy (non-hydrogen) atoms. The summed E-state index contributed by atoms with van der Waals surface area (Å²) < 4.78 is 0.870. The lowest BCUT2D eigenvalue weighted by Gasteiger charge is -2.02. The Labute approximate surface area is 176 Å². The molecule has 0 saturated carbocycles. The van der Waals surface area contributed by atoms with Crippen LogP contribution < -0.4 is 10.6 Å². The molecule has 8 heteroatoms. The average molecular weight is 434 g/mol. The third kappa shape index (κ3) is 5.32. The summed E-state index contributed by atoms with van der Waals surface area (Å²) in [6, 6.07) is 10.5. The molecule has 0 aliphatic rings. The van der Waals surface area contributed by atoms with Crippen molar-refractivity contribution in [2.24, 2.45) is 0 Å².